The van der Waals surface area contributed by atoms with Crippen molar-refractivity contribution in [2.75, 3.05) is 0 Å². The average molecular weight is 203 g/mol. The van der Waals surface area contributed by atoms with Gasteiger partial charge in [0.1, 0.15) is 0 Å². The average Bonchev–Trinajstić information content (AvgIpc) is 2.29. The van der Waals surface area contributed by atoms with Crippen molar-refractivity contribution in [3.05, 3.63) is 34.3 Å². The van der Waals surface area contributed by atoms with E-state index in [-0.39, 0.29) is 0 Å². The Morgan fingerprint density at radius 3 is 2.83 bits per heavy atom. The van der Waals surface area contributed by atoms with E-state index in [1.165, 1.54) is 0 Å². The second-order valence-electron chi connectivity index (χ2n) is 2.42. The smallest absolute Gasteiger partial charge is 0.340 e. The van der Waals surface area contributed by atoms with Crippen LogP contribution >= 0.6 is 23.2 Å². The number of benzene rings is 1. The van der Waals surface area contributed by atoms with Crippen LogP contribution in [0.25, 0.3) is 0 Å². The minimum absolute atomic E-state index is 0.410. The number of cyclic esters (lactones) is 1. The zero-order valence-electron chi connectivity index (χ0n) is 5.88. The number of hydrogen-bond donors (Lipinski definition) is 0. The highest BCUT2D eigenvalue weighted by Crippen LogP contribution is 2.37. The first kappa shape index (κ1) is 7.90. The summed E-state index contributed by atoms with van der Waals surface area (Å²) in [5.41, 5.74) is 0.300. The summed E-state index contributed by atoms with van der Waals surface area (Å²) in [4.78, 5) is 11.1. The van der Waals surface area contributed by atoms with Crippen molar-refractivity contribution in [1.82, 2.24) is 0 Å². The lowest BCUT2D eigenvalue weighted by Gasteiger charge is -2.00. The molecule has 0 N–H and O–H groups in total. The van der Waals surface area contributed by atoms with E-state index >= 15 is 0 Å². The van der Waals surface area contributed by atoms with E-state index in [1.54, 1.807) is 18.2 Å². The van der Waals surface area contributed by atoms with Crippen LogP contribution in [0, 0.1) is 0 Å². The van der Waals surface area contributed by atoms with E-state index in [4.69, 9.17) is 27.9 Å². The molecule has 1 aliphatic heterocycles. The van der Waals surface area contributed by atoms with Gasteiger partial charge in [-0.1, -0.05) is 29.3 Å². The minimum atomic E-state index is -0.735. The summed E-state index contributed by atoms with van der Waals surface area (Å²) >= 11 is 11.5. The zero-order valence-corrected chi connectivity index (χ0v) is 7.39. The van der Waals surface area contributed by atoms with Crippen LogP contribution in [0.4, 0.5) is 0 Å². The molecule has 0 spiro atoms. The number of alkyl halides is 1. The number of halogens is 2. The number of esters is 1. The van der Waals surface area contributed by atoms with Crippen LogP contribution in [-0.4, -0.2) is 5.97 Å². The first-order valence-electron chi connectivity index (χ1n) is 3.33. The maximum atomic E-state index is 11.1. The third-order valence-corrected chi connectivity index (χ3v) is 2.35. The molecule has 1 aromatic carbocycles. The van der Waals surface area contributed by atoms with E-state index < -0.39 is 11.5 Å². The Morgan fingerprint density at radius 1 is 1.42 bits per heavy atom. The van der Waals surface area contributed by atoms with Gasteiger partial charge in [0.05, 0.1) is 5.56 Å². The lowest BCUT2D eigenvalue weighted by Crippen LogP contribution is -1.92. The number of hydrogen-bond acceptors (Lipinski definition) is 2. The SMILES string of the molecule is O=C1OC(Cl)c2c(Cl)cccc21. The molecule has 1 aliphatic rings. The van der Waals surface area contributed by atoms with Crippen LogP contribution in [-0.2, 0) is 4.74 Å². The topological polar surface area (TPSA) is 26.3 Å². The van der Waals surface area contributed by atoms with Gasteiger partial charge >= 0.3 is 5.97 Å². The van der Waals surface area contributed by atoms with Crippen LogP contribution in [0.15, 0.2) is 18.2 Å². The van der Waals surface area contributed by atoms with Crippen LogP contribution in [0.3, 0.4) is 0 Å². The summed E-state index contributed by atoms with van der Waals surface area (Å²) in [6.45, 7) is 0. The Hall–Kier alpha value is -0.730. The third kappa shape index (κ3) is 0.993. The van der Waals surface area contributed by atoms with Crippen LogP contribution in [0.1, 0.15) is 21.5 Å². The zero-order chi connectivity index (χ0) is 8.72. The van der Waals surface area contributed by atoms with Gasteiger partial charge in [-0.25, -0.2) is 4.79 Å². The van der Waals surface area contributed by atoms with Gasteiger partial charge in [-0.05, 0) is 12.1 Å². The molecule has 0 saturated heterocycles. The summed E-state index contributed by atoms with van der Waals surface area (Å²) in [5.74, 6) is -0.410. The van der Waals surface area contributed by atoms with Crippen molar-refractivity contribution in [3.8, 4) is 0 Å². The van der Waals surface area contributed by atoms with Gasteiger partial charge < -0.3 is 4.74 Å². The maximum Gasteiger partial charge on any atom is 0.340 e. The number of ether oxygens (including phenoxy) is 1. The number of carbonyl (C=O) groups is 1. The van der Waals surface area contributed by atoms with E-state index in [2.05, 4.69) is 0 Å². The van der Waals surface area contributed by atoms with Gasteiger partial charge in [0.25, 0.3) is 0 Å². The van der Waals surface area contributed by atoms with Crippen molar-refractivity contribution in [2.24, 2.45) is 0 Å². The van der Waals surface area contributed by atoms with E-state index in [9.17, 15) is 4.79 Å². The Morgan fingerprint density at radius 2 is 2.17 bits per heavy atom. The molecule has 0 aromatic heterocycles. The highest BCUT2D eigenvalue weighted by atomic mass is 35.5. The highest BCUT2D eigenvalue weighted by Gasteiger charge is 2.31. The molecule has 2 rings (SSSR count). The van der Waals surface area contributed by atoms with Crippen LogP contribution in [0.2, 0.25) is 5.02 Å². The fraction of sp³-hybridized carbons (Fsp3) is 0.125. The number of fused-ring (bicyclic) bond motifs is 1. The fourth-order valence-corrected chi connectivity index (χ4v) is 1.81. The van der Waals surface area contributed by atoms with Crippen molar-refractivity contribution in [3.63, 3.8) is 0 Å². The lowest BCUT2D eigenvalue weighted by atomic mass is 10.1. The quantitative estimate of drug-likeness (QED) is 0.478. The first-order chi connectivity index (χ1) is 5.70. The molecule has 4 heteroatoms. The van der Waals surface area contributed by atoms with Gasteiger partial charge in [-0.15, -0.1) is 0 Å². The molecule has 0 bridgehead atoms. The predicted octanol–water partition coefficient (Wildman–Crippen LogP) is 2.75. The molecular formula is C8H4Cl2O2. The molecule has 1 aromatic rings. The molecule has 1 atom stereocenters. The fourth-order valence-electron chi connectivity index (χ4n) is 1.16. The second-order valence-corrected chi connectivity index (χ2v) is 3.23. The van der Waals surface area contributed by atoms with Crippen LogP contribution < -0.4 is 0 Å². The van der Waals surface area contributed by atoms with E-state index in [0.29, 0.717) is 16.1 Å². The molecule has 0 radical (unpaired) electrons. The highest BCUT2D eigenvalue weighted by molar-refractivity contribution is 6.34. The monoisotopic (exact) mass is 202 g/mol. The van der Waals surface area contributed by atoms with Crippen LogP contribution in [0.5, 0.6) is 0 Å². The Kier molecular flexibility index (Phi) is 1.74. The Balaban J connectivity index is 2.67. The Labute approximate surface area is 79.0 Å². The summed E-state index contributed by atoms with van der Waals surface area (Å²) in [7, 11) is 0. The predicted molar refractivity (Wildman–Crippen MR) is 45.5 cm³/mol. The normalized spacial score (nSPS) is 20.5. The lowest BCUT2D eigenvalue weighted by molar-refractivity contribution is 0.0513. The molecule has 12 heavy (non-hydrogen) atoms. The maximum absolute atomic E-state index is 11.1. The Bertz CT molecular complexity index is 349. The van der Waals surface area contributed by atoms with Crippen molar-refractivity contribution < 1.29 is 9.53 Å². The van der Waals surface area contributed by atoms with Crippen molar-refractivity contribution in [2.45, 2.75) is 5.56 Å². The second kappa shape index (κ2) is 2.64. The van der Waals surface area contributed by atoms with Gasteiger partial charge in [0, 0.05) is 10.6 Å². The molecule has 1 heterocycles. The molecule has 0 fully saturated rings. The van der Waals surface area contributed by atoms with Gasteiger partial charge in [0.2, 0.25) is 5.56 Å². The standard InChI is InChI=1S/C8H4Cl2O2/c9-5-3-1-2-4-6(5)7(10)12-8(4)11/h1-3,7H. The molecular weight excluding hydrogens is 199 g/mol. The van der Waals surface area contributed by atoms with Gasteiger partial charge in [-0.2, -0.15) is 0 Å². The summed E-state index contributed by atoms with van der Waals surface area (Å²) < 4.78 is 4.75. The molecule has 0 saturated carbocycles. The molecule has 2 nitrogen and oxygen atoms in total. The molecule has 0 amide bonds. The summed E-state index contributed by atoms with van der Waals surface area (Å²) in [6.07, 6.45) is 0. The van der Waals surface area contributed by atoms with E-state index in [1.807, 2.05) is 0 Å². The molecule has 0 aliphatic carbocycles. The summed E-state index contributed by atoms with van der Waals surface area (Å²) in [6, 6.07) is 5.01. The van der Waals surface area contributed by atoms with Crippen molar-refractivity contribution >= 4 is 29.2 Å². The van der Waals surface area contributed by atoms with Crippen molar-refractivity contribution in [1.29, 1.82) is 0 Å². The van der Waals surface area contributed by atoms with Gasteiger partial charge in [-0.3, -0.25) is 0 Å². The largest absolute Gasteiger partial charge is 0.438 e. The summed E-state index contributed by atoms with van der Waals surface area (Å²) in [5, 5.41) is 0.471. The van der Waals surface area contributed by atoms with E-state index in [0.717, 1.165) is 0 Å². The number of rotatable bonds is 0. The third-order valence-electron chi connectivity index (χ3n) is 1.71. The molecule has 1 unspecified atom stereocenters. The first-order valence-corrected chi connectivity index (χ1v) is 4.15. The minimum Gasteiger partial charge on any atom is -0.438 e. The van der Waals surface area contributed by atoms with Gasteiger partial charge in [0.15, 0.2) is 0 Å². The molecule has 62 valence electrons. The number of carbonyl (C=O) groups excluding carboxylic acids is 1.